The highest BCUT2D eigenvalue weighted by molar-refractivity contribution is 7.09. The first-order valence-electron chi connectivity index (χ1n) is 8.05. The molecule has 0 spiro atoms. The summed E-state index contributed by atoms with van der Waals surface area (Å²) in [6.07, 6.45) is 7.32. The van der Waals surface area contributed by atoms with E-state index in [9.17, 15) is 0 Å². The Morgan fingerprint density at radius 3 is 2.91 bits per heavy atom. The molecule has 3 rings (SSSR count). The normalized spacial score (nSPS) is 17.0. The molecule has 4 nitrogen and oxygen atoms in total. The lowest BCUT2D eigenvalue weighted by molar-refractivity contribution is 0.191. The van der Waals surface area contributed by atoms with Crippen LogP contribution in [0, 0.1) is 6.92 Å². The Kier molecular flexibility index (Phi) is 5.53. The fourth-order valence-electron chi connectivity index (χ4n) is 2.97. The van der Waals surface area contributed by atoms with E-state index in [-0.39, 0.29) is 0 Å². The molecular formula is C17H24N4S. The monoisotopic (exact) mass is 316 g/mol. The molecule has 1 N–H and O–H groups in total. The third kappa shape index (κ3) is 4.60. The molecule has 1 saturated heterocycles. The Morgan fingerprint density at radius 2 is 2.23 bits per heavy atom. The molecule has 5 heteroatoms. The number of thiazole rings is 1. The van der Waals surface area contributed by atoms with Gasteiger partial charge in [-0.2, -0.15) is 0 Å². The maximum absolute atomic E-state index is 4.52. The summed E-state index contributed by atoms with van der Waals surface area (Å²) >= 11 is 1.74. The molecule has 0 aliphatic carbocycles. The van der Waals surface area contributed by atoms with Gasteiger partial charge in [-0.1, -0.05) is 6.07 Å². The van der Waals surface area contributed by atoms with Crippen LogP contribution in [0.15, 0.2) is 29.9 Å². The minimum atomic E-state index is 0.657. The average molecular weight is 316 g/mol. The lowest BCUT2D eigenvalue weighted by atomic mass is 10.0. The third-order valence-corrected chi connectivity index (χ3v) is 5.02. The Bertz CT molecular complexity index is 561. The smallest absolute Gasteiger partial charge is 0.0897 e. The van der Waals surface area contributed by atoms with Crippen molar-refractivity contribution in [2.75, 3.05) is 19.6 Å². The lowest BCUT2D eigenvalue weighted by Crippen LogP contribution is -2.42. The van der Waals surface area contributed by atoms with Crippen molar-refractivity contribution in [2.24, 2.45) is 0 Å². The summed E-state index contributed by atoms with van der Waals surface area (Å²) in [6, 6.07) is 4.83. The summed E-state index contributed by atoms with van der Waals surface area (Å²) in [4.78, 5) is 11.2. The van der Waals surface area contributed by atoms with Crippen molar-refractivity contribution < 1.29 is 0 Å². The number of likely N-dealkylation sites (tertiary alicyclic amines) is 1. The van der Waals surface area contributed by atoms with Crippen LogP contribution < -0.4 is 5.32 Å². The van der Waals surface area contributed by atoms with Crippen molar-refractivity contribution in [3.05, 3.63) is 46.2 Å². The molecule has 0 aromatic carbocycles. The minimum Gasteiger partial charge on any atom is -0.313 e. The summed E-state index contributed by atoms with van der Waals surface area (Å²) in [5.41, 5.74) is 2.54. The summed E-state index contributed by atoms with van der Waals surface area (Å²) in [5.74, 6) is 0. The number of nitrogens with one attached hydrogen (secondary N) is 1. The first-order chi connectivity index (χ1) is 10.8. The Morgan fingerprint density at radius 1 is 1.36 bits per heavy atom. The number of hydrogen-bond acceptors (Lipinski definition) is 5. The molecular weight excluding hydrogens is 292 g/mol. The Labute approximate surface area is 136 Å². The van der Waals surface area contributed by atoms with Crippen molar-refractivity contribution >= 4 is 11.3 Å². The average Bonchev–Trinajstić information content (AvgIpc) is 2.96. The molecule has 3 heterocycles. The minimum absolute atomic E-state index is 0.657. The van der Waals surface area contributed by atoms with Crippen LogP contribution in [0.25, 0.3) is 0 Å². The van der Waals surface area contributed by atoms with Gasteiger partial charge in [-0.15, -0.1) is 11.3 Å². The number of rotatable bonds is 6. The molecule has 0 amide bonds. The van der Waals surface area contributed by atoms with Gasteiger partial charge in [0.05, 0.1) is 10.7 Å². The van der Waals surface area contributed by atoms with E-state index in [4.69, 9.17) is 0 Å². The Balaban J connectivity index is 1.35. The number of aryl methyl sites for hydroxylation is 1. The van der Waals surface area contributed by atoms with Crippen LogP contribution in [0.4, 0.5) is 0 Å². The molecule has 0 radical (unpaired) electrons. The summed E-state index contributed by atoms with van der Waals surface area (Å²) < 4.78 is 0. The van der Waals surface area contributed by atoms with Gasteiger partial charge in [0.1, 0.15) is 0 Å². The zero-order valence-corrected chi connectivity index (χ0v) is 14.0. The van der Waals surface area contributed by atoms with E-state index in [0.717, 1.165) is 19.5 Å². The van der Waals surface area contributed by atoms with Gasteiger partial charge in [0.15, 0.2) is 0 Å². The van der Waals surface area contributed by atoms with E-state index in [1.165, 1.54) is 42.2 Å². The molecule has 0 bridgehead atoms. The van der Waals surface area contributed by atoms with E-state index in [1.54, 1.807) is 11.3 Å². The topological polar surface area (TPSA) is 41.1 Å². The van der Waals surface area contributed by atoms with Crippen LogP contribution in [0.3, 0.4) is 0 Å². The van der Waals surface area contributed by atoms with Crippen molar-refractivity contribution in [3.8, 4) is 0 Å². The third-order valence-electron chi connectivity index (χ3n) is 4.20. The van der Waals surface area contributed by atoms with E-state index in [0.29, 0.717) is 6.04 Å². The molecule has 0 atom stereocenters. The molecule has 2 aromatic heterocycles. The molecule has 0 saturated carbocycles. The van der Waals surface area contributed by atoms with Gasteiger partial charge < -0.3 is 5.32 Å². The number of nitrogens with zero attached hydrogens (tertiary/aromatic N) is 3. The van der Waals surface area contributed by atoms with Crippen LogP contribution in [0.5, 0.6) is 0 Å². The van der Waals surface area contributed by atoms with Crippen LogP contribution in [0.1, 0.15) is 29.1 Å². The maximum Gasteiger partial charge on any atom is 0.0897 e. The molecule has 22 heavy (non-hydrogen) atoms. The quantitative estimate of drug-likeness (QED) is 0.889. The van der Waals surface area contributed by atoms with Gasteiger partial charge in [-0.05, 0) is 44.5 Å². The molecule has 1 aliphatic heterocycles. The van der Waals surface area contributed by atoms with Crippen LogP contribution >= 0.6 is 11.3 Å². The molecule has 2 aromatic rings. The van der Waals surface area contributed by atoms with Gasteiger partial charge in [0.25, 0.3) is 0 Å². The maximum atomic E-state index is 4.52. The van der Waals surface area contributed by atoms with Crippen LogP contribution in [-0.2, 0) is 13.0 Å². The highest BCUT2D eigenvalue weighted by Gasteiger charge is 2.18. The van der Waals surface area contributed by atoms with Gasteiger partial charge in [0, 0.05) is 43.3 Å². The summed E-state index contributed by atoms with van der Waals surface area (Å²) in [5, 5.41) is 7.03. The van der Waals surface area contributed by atoms with Gasteiger partial charge >= 0.3 is 0 Å². The first kappa shape index (κ1) is 15.6. The second kappa shape index (κ2) is 7.81. The van der Waals surface area contributed by atoms with Crippen LogP contribution in [0.2, 0.25) is 0 Å². The largest absolute Gasteiger partial charge is 0.313 e. The van der Waals surface area contributed by atoms with E-state index >= 15 is 0 Å². The molecule has 1 fully saturated rings. The number of hydrogen-bond donors (Lipinski definition) is 1. The van der Waals surface area contributed by atoms with E-state index < -0.39 is 0 Å². The highest BCUT2D eigenvalue weighted by Crippen LogP contribution is 2.14. The summed E-state index contributed by atoms with van der Waals surface area (Å²) in [7, 11) is 0. The van der Waals surface area contributed by atoms with Crippen molar-refractivity contribution in [1.29, 1.82) is 0 Å². The molecule has 118 valence electrons. The fraction of sp³-hybridized carbons (Fsp3) is 0.529. The number of piperidine rings is 1. The number of aromatic nitrogens is 2. The zero-order valence-electron chi connectivity index (χ0n) is 13.2. The van der Waals surface area contributed by atoms with E-state index in [2.05, 4.69) is 38.6 Å². The fourth-order valence-corrected chi connectivity index (χ4v) is 3.62. The number of pyridine rings is 1. The van der Waals surface area contributed by atoms with E-state index in [1.807, 2.05) is 18.5 Å². The predicted octanol–water partition coefficient (Wildman–Crippen LogP) is 2.64. The Hall–Kier alpha value is -1.30. The van der Waals surface area contributed by atoms with Gasteiger partial charge in [-0.3, -0.25) is 9.88 Å². The molecule has 1 aliphatic rings. The van der Waals surface area contributed by atoms with Crippen molar-refractivity contribution in [3.63, 3.8) is 0 Å². The lowest BCUT2D eigenvalue weighted by Gasteiger charge is -2.32. The van der Waals surface area contributed by atoms with Crippen molar-refractivity contribution in [1.82, 2.24) is 20.2 Å². The SMILES string of the molecule is Cc1nc(CCNC2CCN(Cc3cccnc3)CC2)cs1. The zero-order chi connectivity index (χ0) is 15.2. The van der Waals surface area contributed by atoms with Crippen molar-refractivity contribution in [2.45, 2.75) is 38.8 Å². The summed E-state index contributed by atoms with van der Waals surface area (Å²) in [6.45, 7) is 6.47. The molecule has 0 unspecified atom stereocenters. The second-order valence-electron chi connectivity index (χ2n) is 5.97. The van der Waals surface area contributed by atoms with Gasteiger partial charge in [-0.25, -0.2) is 4.98 Å². The van der Waals surface area contributed by atoms with Gasteiger partial charge in [0.2, 0.25) is 0 Å². The highest BCUT2D eigenvalue weighted by atomic mass is 32.1. The standard InChI is InChI=1S/C17H24N4S/c1-14-20-17(13-22-14)4-8-19-16-5-9-21(10-6-16)12-15-3-2-7-18-11-15/h2-3,7,11,13,16,19H,4-6,8-10,12H2,1H3. The first-order valence-corrected chi connectivity index (χ1v) is 8.93. The second-order valence-corrected chi connectivity index (χ2v) is 7.04. The van der Waals surface area contributed by atoms with Crippen LogP contribution in [-0.4, -0.2) is 40.5 Å². The predicted molar refractivity (Wildman–Crippen MR) is 91.1 cm³/mol.